The van der Waals surface area contributed by atoms with E-state index in [1.54, 1.807) is 14.2 Å². The Morgan fingerprint density at radius 2 is 1.64 bits per heavy atom. The van der Waals surface area contributed by atoms with Crippen LogP contribution in [0.5, 0.6) is 0 Å². The molecule has 0 saturated heterocycles. The molecule has 0 radical (unpaired) electrons. The normalized spacial score (nSPS) is 14.4. The highest BCUT2D eigenvalue weighted by Crippen LogP contribution is 2.30. The number of hydrogen-bond donors (Lipinski definition) is 2. The number of nitrogens with two attached hydrogens (primary N) is 2. The van der Waals surface area contributed by atoms with Crippen molar-refractivity contribution in [1.29, 1.82) is 0 Å². The van der Waals surface area contributed by atoms with Crippen LogP contribution >= 0.6 is 0 Å². The molecule has 0 aliphatic rings. The molecule has 4 nitrogen and oxygen atoms in total. The summed E-state index contributed by atoms with van der Waals surface area (Å²) in [4.78, 5) is 0. The first-order valence-corrected chi connectivity index (χ1v) is 7.54. The maximum atomic E-state index is 5.59. The van der Waals surface area contributed by atoms with Crippen molar-refractivity contribution < 1.29 is 8.85 Å². The number of rotatable bonds is 8. The summed E-state index contributed by atoms with van der Waals surface area (Å²) in [5.74, 6) is 0. The van der Waals surface area contributed by atoms with Crippen molar-refractivity contribution >= 4 is 8.56 Å². The minimum Gasteiger partial charge on any atom is -0.398 e. The molecule has 14 heavy (non-hydrogen) atoms. The van der Waals surface area contributed by atoms with Crippen molar-refractivity contribution in [2.75, 3.05) is 27.3 Å². The second-order valence-corrected chi connectivity index (χ2v) is 7.29. The maximum absolute atomic E-state index is 5.59. The molecule has 0 rings (SSSR count). The molecule has 0 amide bonds. The van der Waals surface area contributed by atoms with Gasteiger partial charge in [0.05, 0.1) is 0 Å². The molecule has 0 bridgehead atoms. The van der Waals surface area contributed by atoms with Crippen molar-refractivity contribution in [3.63, 3.8) is 0 Å². The summed E-state index contributed by atoms with van der Waals surface area (Å²) >= 11 is 0. The molecule has 1 unspecified atom stereocenters. The highest BCUT2D eigenvalue weighted by Gasteiger charge is 2.38. The Hall–Kier alpha value is 0.0569. The zero-order chi connectivity index (χ0) is 11.0. The van der Waals surface area contributed by atoms with E-state index >= 15 is 0 Å². The first-order chi connectivity index (χ1) is 6.64. The first-order valence-electron chi connectivity index (χ1n) is 5.15. The molecule has 0 aliphatic carbocycles. The molecule has 0 spiro atoms. The average molecular weight is 220 g/mol. The minimum atomic E-state index is -2.02. The molecule has 0 heterocycles. The monoisotopic (exact) mass is 220 g/mol. The topological polar surface area (TPSA) is 70.5 Å². The molecule has 1 atom stereocenters. The van der Waals surface area contributed by atoms with E-state index in [1.165, 1.54) is 0 Å². The smallest absolute Gasteiger partial charge is 0.337 e. The SMILES string of the molecule is CO[Si](C)(OC)C(CCN)CCCN. The maximum Gasteiger partial charge on any atom is 0.337 e. The van der Waals surface area contributed by atoms with E-state index in [4.69, 9.17) is 20.3 Å². The van der Waals surface area contributed by atoms with Crippen LogP contribution in [-0.4, -0.2) is 35.9 Å². The summed E-state index contributed by atoms with van der Waals surface area (Å²) in [6.07, 6.45) is 3.03. The molecular weight excluding hydrogens is 196 g/mol. The predicted molar refractivity (Wildman–Crippen MR) is 61.3 cm³/mol. The molecule has 4 N–H and O–H groups in total. The van der Waals surface area contributed by atoms with Crippen LogP contribution in [0.1, 0.15) is 19.3 Å². The van der Waals surface area contributed by atoms with Gasteiger partial charge >= 0.3 is 8.56 Å². The molecule has 0 fully saturated rings. The lowest BCUT2D eigenvalue weighted by atomic mass is 10.2. The summed E-state index contributed by atoms with van der Waals surface area (Å²) in [5, 5.41) is 0. The summed E-state index contributed by atoms with van der Waals surface area (Å²) < 4.78 is 11.0. The van der Waals surface area contributed by atoms with Gasteiger partial charge in [0.15, 0.2) is 0 Å². The number of hydrogen-bond acceptors (Lipinski definition) is 4. The van der Waals surface area contributed by atoms with Crippen molar-refractivity contribution in [3.8, 4) is 0 Å². The second-order valence-electron chi connectivity index (χ2n) is 3.63. The van der Waals surface area contributed by atoms with Gasteiger partial charge < -0.3 is 20.3 Å². The van der Waals surface area contributed by atoms with Gasteiger partial charge in [0, 0.05) is 19.8 Å². The van der Waals surface area contributed by atoms with E-state index in [-0.39, 0.29) is 0 Å². The lowest BCUT2D eigenvalue weighted by Crippen LogP contribution is -2.42. The van der Waals surface area contributed by atoms with Gasteiger partial charge in [0.25, 0.3) is 0 Å². The van der Waals surface area contributed by atoms with Gasteiger partial charge in [-0.15, -0.1) is 0 Å². The standard InChI is InChI=1S/C9H24N2O2Si/c1-12-14(3,13-2)9(6-8-11)5-4-7-10/h9H,4-8,10-11H2,1-3H3. The molecule has 5 heteroatoms. The van der Waals surface area contributed by atoms with Gasteiger partial charge in [-0.2, -0.15) is 0 Å². The van der Waals surface area contributed by atoms with E-state index < -0.39 is 8.56 Å². The van der Waals surface area contributed by atoms with Crippen LogP contribution in [0.15, 0.2) is 0 Å². The van der Waals surface area contributed by atoms with Gasteiger partial charge in [0.2, 0.25) is 0 Å². The molecule has 0 saturated carbocycles. The summed E-state index contributed by atoms with van der Waals surface area (Å²) in [7, 11) is 1.43. The van der Waals surface area contributed by atoms with Gasteiger partial charge in [-0.05, 0) is 38.9 Å². The van der Waals surface area contributed by atoms with E-state index in [2.05, 4.69) is 6.55 Å². The molecular formula is C9H24N2O2Si. The fraction of sp³-hybridized carbons (Fsp3) is 1.00. The quantitative estimate of drug-likeness (QED) is 0.594. The fourth-order valence-corrected chi connectivity index (χ4v) is 3.90. The van der Waals surface area contributed by atoms with Crippen LogP contribution in [0.2, 0.25) is 12.1 Å². The molecule has 0 aromatic rings. The first kappa shape index (κ1) is 14.1. The Morgan fingerprint density at radius 1 is 1.07 bits per heavy atom. The van der Waals surface area contributed by atoms with Crippen molar-refractivity contribution in [1.82, 2.24) is 0 Å². The van der Waals surface area contributed by atoms with Crippen LogP contribution in [0, 0.1) is 0 Å². The molecule has 0 aromatic carbocycles. The summed E-state index contributed by atoms with van der Waals surface area (Å²) in [5.41, 5.74) is 11.5. The highest BCUT2D eigenvalue weighted by molar-refractivity contribution is 6.67. The van der Waals surface area contributed by atoms with Crippen molar-refractivity contribution in [2.24, 2.45) is 11.5 Å². The van der Waals surface area contributed by atoms with Crippen LogP contribution in [-0.2, 0) is 8.85 Å². The zero-order valence-electron chi connectivity index (χ0n) is 9.58. The highest BCUT2D eigenvalue weighted by atomic mass is 28.4. The molecule has 86 valence electrons. The Bertz CT molecular complexity index is 143. The van der Waals surface area contributed by atoms with Gasteiger partial charge in [-0.1, -0.05) is 0 Å². The Morgan fingerprint density at radius 3 is 2.00 bits per heavy atom. The summed E-state index contributed by atoms with van der Waals surface area (Å²) in [6, 6.07) is 0. The predicted octanol–water partition coefficient (Wildman–Crippen LogP) is 0.809. The van der Waals surface area contributed by atoms with Crippen molar-refractivity contribution in [2.45, 2.75) is 31.4 Å². The van der Waals surface area contributed by atoms with E-state index in [0.717, 1.165) is 25.8 Å². The Labute approximate surface area is 88.2 Å². The summed E-state index contributed by atoms with van der Waals surface area (Å²) in [6.45, 7) is 3.49. The minimum absolute atomic E-state index is 0.450. The van der Waals surface area contributed by atoms with E-state index in [9.17, 15) is 0 Å². The third kappa shape index (κ3) is 4.06. The second kappa shape index (κ2) is 7.36. The van der Waals surface area contributed by atoms with E-state index in [0.29, 0.717) is 12.1 Å². The average Bonchev–Trinajstić information content (AvgIpc) is 2.23. The third-order valence-electron chi connectivity index (χ3n) is 2.82. The van der Waals surface area contributed by atoms with Gasteiger partial charge in [-0.3, -0.25) is 0 Å². The largest absolute Gasteiger partial charge is 0.398 e. The lowest BCUT2D eigenvalue weighted by Gasteiger charge is -2.31. The van der Waals surface area contributed by atoms with Gasteiger partial charge in [-0.25, -0.2) is 0 Å². The van der Waals surface area contributed by atoms with E-state index in [1.807, 2.05) is 0 Å². The van der Waals surface area contributed by atoms with Crippen molar-refractivity contribution in [3.05, 3.63) is 0 Å². The molecule has 0 aliphatic heterocycles. The fourth-order valence-electron chi connectivity index (χ4n) is 1.65. The van der Waals surface area contributed by atoms with Crippen LogP contribution in [0.3, 0.4) is 0 Å². The lowest BCUT2D eigenvalue weighted by molar-refractivity contribution is 0.231. The Kier molecular flexibility index (Phi) is 7.39. The zero-order valence-corrected chi connectivity index (χ0v) is 10.6. The van der Waals surface area contributed by atoms with Crippen LogP contribution in [0.25, 0.3) is 0 Å². The molecule has 0 aromatic heterocycles. The Balaban J connectivity index is 4.27. The van der Waals surface area contributed by atoms with Gasteiger partial charge in [0.1, 0.15) is 0 Å². The third-order valence-corrected chi connectivity index (χ3v) is 6.51. The van der Waals surface area contributed by atoms with Crippen LogP contribution < -0.4 is 11.5 Å². The van der Waals surface area contributed by atoms with Crippen LogP contribution in [0.4, 0.5) is 0 Å².